The second-order valence-electron chi connectivity index (χ2n) is 5.00. The van der Waals surface area contributed by atoms with Gasteiger partial charge in [-0.05, 0) is 40.1 Å². The fourth-order valence-corrected chi connectivity index (χ4v) is 3.42. The van der Waals surface area contributed by atoms with E-state index >= 15 is 0 Å². The van der Waals surface area contributed by atoms with Crippen molar-refractivity contribution < 1.29 is 9.53 Å². The van der Waals surface area contributed by atoms with E-state index in [2.05, 4.69) is 17.5 Å². The van der Waals surface area contributed by atoms with Crippen LogP contribution in [-0.2, 0) is 17.6 Å². The molecule has 1 heterocycles. The molecule has 0 N–H and O–H groups in total. The number of ether oxygens (including phenoxy) is 1. The molecule has 0 aliphatic rings. The van der Waals surface area contributed by atoms with E-state index in [0.29, 0.717) is 12.8 Å². The molecular formula is C18H16O2S. The van der Waals surface area contributed by atoms with Crippen molar-refractivity contribution in [3.63, 3.8) is 0 Å². The Morgan fingerprint density at radius 1 is 1.10 bits per heavy atom. The molecule has 0 atom stereocenters. The number of carbonyl (C=O) groups is 1. The highest BCUT2D eigenvalue weighted by molar-refractivity contribution is 7.17. The Morgan fingerprint density at radius 3 is 2.81 bits per heavy atom. The number of rotatable bonds is 5. The standard InChI is InChI=1S/C18H16O2S/c1-20-16-6-4-5-13(10-16)9-15(19)11-14-12-21-18-8-3-2-7-17(14)18/h2-8,10,12H,9,11H2,1H3. The van der Waals surface area contributed by atoms with Gasteiger partial charge < -0.3 is 4.74 Å². The van der Waals surface area contributed by atoms with Crippen molar-refractivity contribution in [1.82, 2.24) is 0 Å². The number of hydrogen-bond acceptors (Lipinski definition) is 3. The Bertz CT molecular complexity index is 773. The van der Waals surface area contributed by atoms with Crippen LogP contribution in [0.2, 0.25) is 0 Å². The predicted octanol–water partition coefficient (Wildman–Crippen LogP) is 4.26. The molecule has 0 fully saturated rings. The summed E-state index contributed by atoms with van der Waals surface area (Å²) in [4.78, 5) is 12.3. The maximum absolute atomic E-state index is 12.3. The van der Waals surface area contributed by atoms with E-state index in [-0.39, 0.29) is 5.78 Å². The van der Waals surface area contributed by atoms with Crippen molar-refractivity contribution in [2.75, 3.05) is 7.11 Å². The fourth-order valence-electron chi connectivity index (χ4n) is 2.45. The Hall–Kier alpha value is -2.13. The minimum absolute atomic E-state index is 0.229. The van der Waals surface area contributed by atoms with E-state index < -0.39 is 0 Å². The first-order valence-electron chi connectivity index (χ1n) is 6.86. The van der Waals surface area contributed by atoms with Crippen LogP contribution in [0.5, 0.6) is 5.75 Å². The molecule has 0 aliphatic carbocycles. The number of Topliss-reactive ketones (excluding diaryl/α,β-unsaturated/α-hetero) is 1. The lowest BCUT2D eigenvalue weighted by atomic mass is 10.0. The van der Waals surface area contributed by atoms with E-state index in [0.717, 1.165) is 16.9 Å². The second kappa shape index (κ2) is 6.10. The first-order valence-corrected chi connectivity index (χ1v) is 7.74. The maximum Gasteiger partial charge on any atom is 0.141 e. The fraction of sp³-hybridized carbons (Fsp3) is 0.167. The molecular weight excluding hydrogens is 280 g/mol. The summed E-state index contributed by atoms with van der Waals surface area (Å²) in [6.45, 7) is 0. The van der Waals surface area contributed by atoms with Crippen LogP contribution >= 0.6 is 11.3 Å². The molecule has 2 aromatic carbocycles. The van der Waals surface area contributed by atoms with E-state index in [9.17, 15) is 4.79 Å². The number of benzene rings is 2. The van der Waals surface area contributed by atoms with Crippen LogP contribution < -0.4 is 4.74 Å². The normalized spacial score (nSPS) is 10.7. The van der Waals surface area contributed by atoms with Crippen LogP contribution in [0.15, 0.2) is 53.9 Å². The molecule has 3 aromatic rings. The molecule has 0 amide bonds. The molecule has 21 heavy (non-hydrogen) atoms. The average molecular weight is 296 g/mol. The van der Waals surface area contributed by atoms with Gasteiger partial charge in [-0.15, -0.1) is 11.3 Å². The minimum atomic E-state index is 0.229. The van der Waals surface area contributed by atoms with Crippen molar-refractivity contribution in [2.45, 2.75) is 12.8 Å². The third kappa shape index (κ3) is 3.14. The van der Waals surface area contributed by atoms with E-state index in [4.69, 9.17) is 4.74 Å². The van der Waals surface area contributed by atoms with Crippen LogP contribution in [0, 0.1) is 0 Å². The van der Waals surface area contributed by atoms with E-state index in [1.165, 1.54) is 10.1 Å². The number of hydrogen-bond donors (Lipinski definition) is 0. The van der Waals surface area contributed by atoms with Crippen LogP contribution in [0.25, 0.3) is 10.1 Å². The van der Waals surface area contributed by atoms with Crippen molar-refractivity contribution in [3.8, 4) is 5.75 Å². The van der Waals surface area contributed by atoms with Crippen LogP contribution in [0.3, 0.4) is 0 Å². The molecule has 0 spiro atoms. The van der Waals surface area contributed by atoms with Crippen molar-refractivity contribution >= 4 is 27.2 Å². The first kappa shape index (κ1) is 13.8. The Morgan fingerprint density at radius 2 is 1.95 bits per heavy atom. The first-order chi connectivity index (χ1) is 10.3. The molecule has 2 nitrogen and oxygen atoms in total. The van der Waals surface area contributed by atoms with E-state index in [1.807, 2.05) is 36.4 Å². The SMILES string of the molecule is COc1cccc(CC(=O)Cc2csc3ccccc23)c1. The number of ketones is 1. The summed E-state index contributed by atoms with van der Waals surface area (Å²) in [6.07, 6.45) is 0.933. The monoisotopic (exact) mass is 296 g/mol. The molecule has 0 saturated carbocycles. The van der Waals surface area contributed by atoms with Crippen LogP contribution in [0.1, 0.15) is 11.1 Å². The summed E-state index contributed by atoms with van der Waals surface area (Å²) in [5, 5.41) is 3.29. The summed E-state index contributed by atoms with van der Waals surface area (Å²) in [5.74, 6) is 1.02. The molecule has 1 aromatic heterocycles. The predicted molar refractivity (Wildman–Crippen MR) is 87.2 cm³/mol. The van der Waals surface area contributed by atoms with E-state index in [1.54, 1.807) is 18.4 Å². The zero-order chi connectivity index (χ0) is 14.7. The van der Waals surface area contributed by atoms with Gasteiger partial charge in [-0.1, -0.05) is 30.3 Å². The lowest BCUT2D eigenvalue weighted by Crippen LogP contribution is -2.06. The van der Waals surface area contributed by atoms with Gasteiger partial charge >= 0.3 is 0 Å². The smallest absolute Gasteiger partial charge is 0.141 e. The van der Waals surface area contributed by atoms with Gasteiger partial charge in [0.2, 0.25) is 0 Å². The van der Waals surface area contributed by atoms with Gasteiger partial charge in [-0.25, -0.2) is 0 Å². The van der Waals surface area contributed by atoms with Gasteiger partial charge in [-0.3, -0.25) is 4.79 Å². The van der Waals surface area contributed by atoms with Gasteiger partial charge in [0.05, 0.1) is 7.11 Å². The average Bonchev–Trinajstić information content (AvgIpc) is 2.91. The summed E-state index contributed by atoms with van der Waals surface area (Å²) in [7, 11) is 1.64. The van der Waals surface area contributed by atoms with Crippen LogP contribution in [-0.4, -0.2) is 12.9 Å². The largest absolute Gasteiger partial charge is 0.497 e. The zero-order valence-electron chi connectivity index (χ0n) is 11.8. The van der Waals surface area contributed by atoms with Crippen molar-refractivity contribution in [3.05, 3.63) is 65.0 Å². The molecule has 3 rings (SSSR count). The zero-order valence-corrected chi connectivity index (χ0v) is 12.7. The number of thiophene rings is 1. The third-order valence-corrected chi connectivity index (χ3v) is 4.50. The van der Waals surface area contributed by atoms with Gasteiger partial charge in [0, 0.05) is 17.5 Å². The highest BCUT2D eigenvalue weighted by Gasteiger charge is 2.10. The topological polar surface area (TPSA) is 26.3 Å². The Kier molecular flexibility index (Phi) is 4.02. The van der Waals surface area contributed by atoms with Crippen molar-refractivity contribution in [2.24, 2.45) is 0 Å². The van der Waals surface area contributed by atoms with Crippen molar-refractivity contribution in [1.29, 1.82) is 0 Å². The summed E-state index contributed by atoms with van der Waals surface area (Å²) in [5.41, 5.74) is 2.13. The second-order valence-corrected chi connectivity index (χ2v) is 5.91. The number of methoxy groups -OCH3 is 1. The lowest BCUT2D eigenvalue weighted by molar-refractivity contribution is -0.117. The third-order valence-electron chi connectivity index (χ3n) is 3.48. The van der Waals surface area contributed by atoms with Gasteiger partial charge in [0.25, 0.3) is 0 Å². The molecule has 0 saturated heterocycles. The quantitative estimate of drug-likeness (QED) is 0.703. The number of fused-ring (bicyclic) bond motifs is 1. The highest BCUT2D eigenvalue weighted by atomic mass is 32.1. The summed E-state index contributed by atoms with van der Waals surface area (Å²) >= 11 is 1.70. The summed E-state index contributed by atoms with van der Waals surface area (Å²) in [6, 6.07) is 15.9. The number of carbonyl (C=O) groups excluding carboxylic acids is 1. The van der Waals surface area contributed by atoms with Gasteiger partial charge in [0.1, 0.15) is 11.5 Å². The molecule has 0 aliphatic heterocycles. The van der Waals surface area contributed by atoms with Gasteiger partial charge in [0.15, 0.2) is 0 Å². The highest BCUT2D eigenvalue weighted by Crippen LogP contribution is 2.26. The Labute approximate surface area is 128 Å². The molecule has 106 valence electrons. The Balaban J connectivity index is 1.74. The maximum atomic E-state index is 12.3. The minimum Gasteiger partial charge on any atom is -0.497 e. The molecule has 0 unspecified atom stereocenters. The van der Waals surface area contributed by atoms with Crippen LogP contribution in [0.4, 0.5) is 0 Å². The molecule has 0 bridgehead atoms. The lowest BCUT2D eigenvalue weighted by Gasteiger charge is -2.04. The van der Waals surface area contributed by atoms with Gasteiger partial charge in [-0.2, -0.15) is 0 Å². The molecule has 0 radical (unpaired) electrons. The summed E-state index contributed by atoms with van der Waals surface area (Å²) < 4.78 is 6.43. The molecule has 3 heteroatoms.